The molecule has 0 atom stereocenters. The molecular weight excluding hydrogens is 271 g/mol. The monoisotopic (exact) mass is 280 g/mol. The molecule has 1 amide bonds. The second-order valence-corrected chi connectivity index (χ2v) is 4.05. The van der Waals surface area contributed by atoms with E-state index in [0.717, 1.165) is 0 Å². The van der Waals surface area contributed by atoms with Gasteiger partial charge in [0, 0.05) is 11.9 Å². The highest BCUT2D eigenvalue weighted by atomic mass is 35.5. The van der Waals surface area contributed by atoms with Crippen LogP contribution in [0.25, 0.3) is 0 Å². The van der Waals surface area contributed by atoms with Gasteiger partial charge in [0.05, 0.1) is 12.1 Å². The summed E-state index contributed by atoms with van der Waals surface area (Å²) in [5.41, 5.74) is 0.674. The number of ether oxygens (including phenoxy) is 1. The van der Waals surface area contributed by atoms with Crippen LogP contribution < -0.4 is 10.1 Å². The number of carbonyl (C=O) groups excluding carboxylic acids is 1. The van der Waals surface area contributed by atoms with Crippen molar-refractivity contribution in [3.05, 3.63) is 52.9 Å². The second kappa shape index (κ2) is 5.67. The number of anilines is 1. The Labute approximate surface area is 114 Å². The first-order chi connectivity index (χ1) is 9.11. The molecule has 1 heterocycles. The van der Waals surface area contributed by atoms with Gasteiger partial charge in [-0.25, -0.2) is 9.37 Å². The Morgan fingerprint density at radius 2 is 2.21 bits per heavy atom. The van der Waals surface area contributed by atoms with E-state index >= 15 is 0 Å². The van der Waals surface area contributed by atoms with Crippen LogP contribution in [0.15, 0.2) is 36.5 Å². The van der Waals surface area contributed by atoms with Crippen molar-refractivity contribution in [2.75, 3.05) is 12.4 Å². The van der Waals surface area contributed by atoms with E-state index in [2.05, 4.69) is 10.3 Å². The number of hydrogen-bond donors (Lipinski definition) is 1. The van der Waals surface area contributed by atoms with E-state index in [0.29, 0.717) is 5.69 Å². The lowest BCUT2D eigenvalue weighted by atomic mass is 10.2. The predicted octanol–water partition coefficient (Wildman–Crippen LogP) is 3.14. The van der Waals surface area contributed by atoms with Crippen molar-refractivity contribution in [1.82, 2.24) is 4.98 Å². The molecule has 1 N–H and O–H groups in total. The molecule has 98 valence electrons. The number of rotatable bonds is 3. The number of methoxy groups -OCH3 is 1. The molecule has 0 aliphatic heterocycles. The van der Waals surface area contributed by atoms with Gasteiger partial charge in [0.2, 0.25) is 5.88 Å². The van der Waals surface area contributed by atoms with Crippen molar-refractivity contribution >= 4 is 23.2 Å². The second-order valence-electron chi connectivity index (χ2n) is 3.64. The predicted molar refractivity (Wildman–Crippen MR) is 70.2 cm³/mol. The fourth-order valence-corrected chi connectivity index (χ4v) is 1.68. The van der Waals surface area contributed by atoms with E-state index in [1.165, 1.54) is 31.5 Å². The smallest absolute Gasteiger partial charge is 0.261 e. The van der Waals surface area contributed by atoms with Gasteiger partial charge in [-0.15, -0.1) is 0 Å². The Morgan fingerprint density at radius 1 is 1.42 bits per heavy atom. The third-order valence-corrected chi connectivity index (χ3v) is 2.68. The van der Waals surface area contributed by atoms with Gasteiger partial charge in [0.25, 0.3) is 5.91 Å². The van der Waals surface area contributed by atoms with Gasteiger partial charge in [0.1, 0.15) is 11.4 Å². The number of nitrogens with zero attached hydrogens (tertiary/aromatic N) is 1. The van der Waals surface area contributed by atoms with Crippen molar-refractivity contribution in [3.63, 3.8) is 0 Å². The van der Waals surface area contributed by atoms with Crippen LogP contribution in [0.5, 0.6) is 5.88 Å². The first-order valence-corrected chi connectivity index (χ1v) is 5.75. The third-order valence-electron chi connectivity index (χ3n) is 2.39. The molecular formula is C13H10ClFN2O2. The zero-order chi connectivity index (χ0) is 13.8. The molecule has 19 heavy (non-hydrogen) atoms. The summed E-state index contributed by atoms with van der Waals surface area (Å²) >= 11 is 5.64. The third kappa shape index (κ3) is 3.00. The van der Waals surface area contributed by atoms with Crippen molar-refractivity contribution < 1.29 is 13.9 Å². The maximum absolute atomic E-state index is 13.0. The van der Waals surface area contributed by atoms with E-state index < -0.39 is 11.7 Å². The Balaban J connectivity index is 2.23. The Morgan fingerprint density at radius 3 is 2.89 bits per heavy atom. The Kier molecular flexibility index (Phi) is 3.97. The Bertz CT molecular complexity index is 619. The number of carbonyl (C=O) groups is 1. The van der Waals surface area contributed by atoms with Gasteiger partial charge in [-0.1, -0.05) is 11.6 Å². The maximum atomic E-state index is 13.0. The van der Waals surface area contributed by atoms with E-state index in [1.54, 1.807) is 12.1 Å². The molecule has 2 aromatic rings. The fraction of sp³-hybridized carbons (Fsp3) is 0.0769. The minimum absolute atomic E-state index is 0.0593. The largest absolute Gasteiger partial charge is 0.480 e. The average Bonchev–Trinajstić information content (AvgIpc) is 2.43. The molecule has 1 aromatic heterocycles. The molecule has 0 radical (unpaired) electrons. The lowest BCUT2D eigenvalue weighted by Gasteiger charge is -2.08. The van der Waals surface area contributed by atoms with Crippen LogP contribution in [0, 0.1) is 5.82 Å². The molecule has 0 unspecified atom stereocenters. The van der Waals surface area contributed by atoms with Gasteiger partial charge in [-0.3, -0.25) is 4.79 Å². The van der Waals surface area contributed by atoms with E-state index in [4.69, 9.17) is 16.3 Å². The number of benzene rings is 1. The highest BCUT2D eigenvalue weighted by Gasteiger charge is 2.13. The molecule has 1 aromatic carbocycles. The zero-order valence-electron chi connectivity index (χ0n) is 9.98. The summed E-state index contributed by atoms with van der Waals surface area (Å²) in [4.78, 5) is 15.9. The molecule has 0 aliphatic carbocycles. The molecule has 0 saturated heterocycles. The normalized spacial score (nSPS) is 10.1. The Hall–Kier alpha value is -2.14. The minimum Gasteiger partial charge on any atom is -0.480 e. The SMILES string of the molecule is COc1ncccc1C(=O)Nc1ccc(F)c(Cl)c1. The number of nitrogens with one attached hydrogen (secondary N) is 1. The summed E-state index contributed by atoms with van der Waals surface area (Å²) in [5, 5.41) is 2.53. The van der Waals surface area contributed by atoms with Crippen LogP contribution in [-0.2, 0) is 0 Å². The number of hydrogen-bond acceptors (Lipinski definition) is 3. The fourth-order valence-electron chi connectivity index (χ4n) is 1.50. The molecule has 0 saturated carbocycles. The summed E-state index contributed by atoms with van der Waals surface area (Å²) in [6, 6.07) is 7.12. The number of halogens is 2. The molecule has 0 bridgehead atoms. The lowest BCUT2D eigenvalue weighted by Crippen LogP contribution is -2.13. The minimum atomic E-state index is -0.543. The van der Waals surface area contributed by atoms with Gasteiger partial charge < -0.3 is 10.1 Å². The van der Waals surface area contributed by atoms with E-state index in [1.807, 2.05) is 0 Å². The van der Waals surface area contributed by atoms with Crippen LogP contribution in [-0.4, -0.2) is 18.0 Å². The molecule has 6 heteroatoms. The molecule has 4 nitrogen and oxygen atoms in total. The summed E-state index contributed by atoms with van der Waals surface area (Å²) in [6.07, 6.45) is 1.52. The summed E-state index contributed by atoms with van der Waals surface area (Å²) < 4.78 is 18.0. The van der Waals surface area contributed by atoms with Gasteiger partial charge in [-0.2, -0.15) is 0 Å². The van der Waals surface area contributed by atoms with Crippen molar-refractivity contribution in [2.24, 2.45) is 0 Å². The van der Waals surface area contributed by atoms with Gasteiger partial charge in [-0.05, 0) is 30.3 Å². The van der Waals surface area contributed by atoms with Crippen LogP contribution in [0.2, 0.25) is 5.02 Å². The van der Waals surface area contributed by atoms with Crippen LogP contribution in [0.4, 0.5) is 10.1 Å². The molecule has 0 spiro atoms. The topological polar surface area (TPSA) is 51.2 Å². The van der Waals surface area contributed by atoms with Gasteiger partial charge >= 0.3 is 0 Å². The number of aromatic nitrogens is 1. The van der Waals surface area contributed by atoms with Gasteiger partial charge in [0.15, 0.2) is 0 Å². The highest BCUT2D eigenvalue weighted by molar-refractivity contribution is 6.31. The zero-order valence-corrected chi connectivity index (χ0v) is 10.7. The van der Waals surface area contributed by atoms with Crippen molar-refractivity contribution in [2.45, 2.75) is 0 Å². The first-order valence-electron chi connectivity index (χ1n) is 5.37. The highest BCUT2D eigenvalue weighted by Crippen LogP contribution is 2.21. The van der Waals surface area contributed by atoms with E-state index in [9.17, 15) is 9.18 Å². The number of amides is 1. The summed E-state index contributed by atoms with van der Waals surface area (Å²) in [6.45, 7) is 0. The molecule has 0 aliphatic rings. The molecule has 2 rings (SSSR count). The average molecular weight is 281 g/mol. The number of pyridine rings is 1. The van der Waals surface area contributed by atoms with E-state index in [-0.39, 0.29) is 16.5 Å². The quantitative estimate of drug-likeness (QED) is 0.940. The lowest BCUT2D eigenvalue weighted by molar-refractivity contribution is 0.102. The summed E-state index contributed by atoms with van der Waals surface area (Å²) in [5.74, 6) is -0.737. The molecule has 0 fully saturated rings. The standard InChI is InChI=1S/C13H10ClFN2O2/c1-19-13-9(3-2-6-16-13)12(18)17-8-4-5-11(15)10(14)7-8/h2-7H,1H3,(H,17,18). The van der Waals surface area contributed by atoms with Crippen LogP contribution in [0.1, 0.15) is 10.4 Å². The van der Waals surface area contributed by atoms with Crippen molar-refractivity contribution in [3.8, 4) is 5.88 Å². The summed E-state index contributed by atoms with van der Waals surface area (Å²) in [7, 11) is 1.42. The maximum Gasteiger partial charge on any atom is 0.261 e. The van der Waals surface area contributed by atoms with Crippen molar-refractivity contribution in [1.29, 1.82) is 0 Å². The first kappa shape index (κ1) is 13.3. The van der Waals surface area contributed by atoms with Crippen LogP contribution in [0.3, 0.4) is 0 Å². The van der Waals surface area contributed by atoms with Crippen LogP contribution >= 0.6 is 11.6 Å².